The van der Waals surface area contributed by atoms with Crippen LogP contribution >= 0.6 is 0 Å². The molecule has 1 fully saturated rings. The summed E-state index contributed by atoms with van der Waals surface area (Å²) in [5, 5.41) is 0. The quantitative estimate of drug-likeness (QED) is 0.909. The van der Waals surface area contributed by atoms with Crippen LogP contribution in [0, 0.1) is 17.7 Å². The SMILES string of the molecule is CC1CCC(CN)(N(C)C(C)c2ccccc2F)C(C)C1. The number of benzene rings is 1. The lowest BCUT2D eigenvalue weighted by atomic mass is 9.68. The fourth-order valence-corrected chi connectivity index (χ4v) is 4.06. The van der Waals surface area contributed by atoms with Gasteiger partial charge in [0.2, 0.25) is 0 Å². The molecule has 0 heterocycles. The van der Waals surface area contributed by atoms with Crippen LogP contribution in [0.4, 0.5) is 4.39 Å². The predicted molar refractivity (Wildman–Crippen MR) is 86.5 cm³/mol. The van der Waals surface area contributed by atoms with Gasteiger partial charge in [0.1, 0.15) is 5.82 Å². The second-order valence-electron chi connectivity index (χ2n) is 6.90. The van der Waals surface area contributed by atoms with Gasteiger partial charge in [-0.3, -0.25) is 4.90 Å². The molecule has 1 aromatic rings. The van der Waals surface area contributed by atoms with Gasteiger partial charge in [0.15, 0.2) is 0 Å². The molecule has 0 aliphatic heterocycles. The largest absolute Gasteiger partial charge is 0.329 e. The highest BCUT2D eigenvalue weighted by atomic mass is 19.1. The highest BCUT2D eigenvalue weighted by Crippen LogP contribution is 2.43. The van der Waals surface area contributed by atoms with Gasteiger partial charge in [0.05, 0.1) is 0 Å². The van der Waals surface area contributed by atoms with Crippen LogP contribution < -0.4 is 5.73 Å². The molecular weight excluding hydrogens is 263 g/mol. The highest BCUT2D eigenvalue weighted by molar-refractivity contribution is 5.21. The van der Waals surface area contributed by atoms with E-state index in [1.165, 1.54) is 12.8 Å². The zero-order valence-electron chi connectivity index (χ0n) is 13.8. The first-order chi connectivity index (χ1) is 9.92. The summed E-state index contributed by atoms with van der Waals surface area (Å²) in [7, 11) is 2.11. The van der Waals surface area contributed by atoms with E-state index in [4.69, 9.17) is 5.73 Å². The molecule has 2 rings (SSSR count). The Morgan fingerprint density at radius 2 is 2.05 bits per heavy atom. The number of halogens is 1. The van der Waals surface area contributed by atoms with Gasteiger partial charge >= 0.3 is 0 Å². The van der Waals surface area contributed by atoms with E-state index in [0.717, 1.165) is 17.9 Å². The smallest absolute Gasteiger partial charge is 0.127 e. The van der Waals surface area contributed by atoms with Gasteiger partial charge in [0.25, 0.3) is 0 Å². The summed E-state index contributed by atoms with van der Waals surface area (Å²) in [6.45, 7) is 7.33. The minimum atomic E-state index is -0.124. The summed E-state index contributed by atoms with van der Waals surface area (Å²) in [6, 6.07) is 7.11. The van der Waals surface area contributed by atoms with Crippen LogP contribution in [0.1, 0.15) is 51.6 Å². The van der Waals surface area contributed by atoms with E-state index in [0.29, 0.717) is 12.5 Å². The molecule has 1 aliphatic rings. The third-order valence-corrected chi connectivity index (χ3v) is 5.74. The van der Waals surface area contributed by atoms with Crippen molar-refractivity contribution >= 4 is 0 Å². The molecule has 2 N–H and O–H groups in total. The van der Waals surface area contributed by atoms with E-state index in [2.05, 4.69) is 32.7 Å². The van der Waals surface area contributed by atoms with Gasteiger partial charge in [-0.15, -0.1) is 0 Å². The lowest BCUT2D eigenvalue weighted by Gasteiger charge is -2.52. The van der Waals surface area contributed by atoms with E-state index in [1.54, 1.807) is 12.1 Å². The Balaban J connectivity index is 2.28. The van der Waals surface area contributed by atoms with E-state index in [1.807, 2.05) is 12.1 Å². The summed E-state index contributed by atoms with van der Waals surface area (Å²) in [5.41, 5.74) is 6.94. The molecule has 4 atom stereocenters. The summed E-state index contributed by atoms with van der Waals surface area (Å²) >= 11 is 0. The van der Waals surface area contributed by atoms with Gasteiger partial charge in [-0.25, -0.2) is 4.39 Å². The Kier molecular flexibility index (Phi) is 5.05. The summed E-state index contributed by atoms with van der Waals surface area (Å²) in [4.78, 5) is 2.32. The van der Waals surface area contributed by atoms with Crippen molar-refractivity contribution in [3.63, 3.8) is 0 Å². The number of nitrogens with two attached hydrogens (primary N) is 1. The standard InChI is InChI=1S/C18H29FN2/c1-13-9-10-18(12-20,14(2)11-13)21(4)15(3)16-7-5-6-8-17(16)19/h5-8,13-15H,9-12,20H2,1-4H3. The lowest BCUT2D eigenvalue weighted by molar-refractivity contribution is -0.00715. The van der Waals surface area contributed by atoms with Gasteiger partial charge in [-0.2, -0.15) is 0 Å². The van der Waals surface area contributed by atoms with Crippen LogP contribution in [-0.4, -0.2) is 24.0 Å². The van der Waals surface area contributed by atoms with Gasteiger partial charge in [-0.05, 0) is 51.1 Å². The molecule has 0 spiro atoms. The molecule has 2 nitrogen and oxygen atoms in total. The molecule has 118 valence electrons. The number of hydrogen-bond donors (Lipinski definition) is 1. The molecule has 0 amide bonds. The van der Waals surface area contributed by atoms with Crippen LogP contribution in [0.2, 0.25) is 0 Å². The third-order valence-electron chi connectivity index (χ3n) is 5.74. The van der Waals surface area contributed by atoms with Crippen molar-refractivity contribution in [2.24, 2.45) is 17.6 Å². The molecule has 1 aromatic carbocycles. The average molecular weight is 292 g/mol. The van der Waals surface area contributed by atoms with Crippen LogP contribution in [0.15, 0.2) is 24.3 Å². The Labute approximate surface area is 128 Å². The van der Waals surface area contributed by atoms with E-state index in [-0.39, 0.29) is 17.4 Å². The topological polar surface area (TPSA) is 29.3 Å². The number of likely N-dealkylation sites (N-methyl/N-ethyl adjacent to an activating group) is 1. The fourth-order valence-electron chi connectivity index (χ4n) is 4.06. The van der Waals surface area contributed by atoms with E-state index >= 15 is 0 Å². The normalized spacial score (nSPS) is 31.4. The molecule has 0 aromatic heterocycles. The molecule has 0 saturated heterocycles. The average Bonchev–Trinajstić information content (AvgIpc) is 2.47. The summed E-state index contributed by atoms with van der Waals surface area (Å²) in [6.07, 6.45) is 3.50. The summed E-state index contributed by atoms with van der Waals surface area (Å²) < 4.78 is 14.1. The molecule has 1 aliphatic carbocycles. The predicted octanol–water partition coefficient (Wildman–Crippen LogP) is 3.97. The first-order valence-electron chi connectivity index (χ1n) is 8.09. The molecular formula is C18H29FN2. The molecule has 21 heavy (non-hydrogen) atoms. The molecule has 4 unspecified atom stereocenters. The maximum absolute atomic E-state index is 14.1. The molecule has 3 heteroatoms. The first kappa shape index (κ1) is 16.4. The van der Waals surface area contributed by atoms with E-state index in [9.17, 15) is 4.39 Å². The van der Waals surface area contributed by atoms with Crippen LogP contribution in [0.3, 0.4) is 0 Å². The Morgan fingerprint density at radius 1 is 1.38 bits per heavy atom. The maximum Gasteiger partial charge on any atom is 0.127 e. The zero-order valence-corrected chi connectivity index (χ0v) is 13.8. The van der Waals surface area contributed by atoms with Crippen molar-refractivity contribution in [3.8, 4) is 0 Å². The van der Waals surface area contributed by atoms with Crippen molar-refractivity contribution in [3.05, 3.63) is 35.6 Å². The van der Waals surface area contributed by atoms with Gasteiger partial charge < -0.3 is 5.73 Å². The van der Waals surface area contributed by atoms with Crippen molar-refractivity contribution in [2.45, 2.75) is 51.6 Å². The second kappa shape index (κ2) is 6.45. The minimum Gasteiger partial charge on any atom is -0.329 e. The van der Waals surface area contributed by atoms with Gasteiger partial charge in [-0.1, -0.05) is 32.0 Å². The molecule has 0 bridgehead atoms. The number of nitrogens with zero attached hydrogens (tertiary/aromatic N) is 1. The highest BCUT2D eigenvalue weighted by Gasteiger charge is 2.44. The third kappa shape index (κ3) is 3.00. The molecule has 1 saturated carbocycles. The lowest BCUT2D eigenvalue weighted by Crippen LogP contribution is -2.59. The minimum absolute atomic E-state index is 0.0196. The van der Waals surface area contributed by atoms with Crippen molar-refractivity contribution < 1.29 is 4.39 Å². The van der Waals surface area contributed by atoms with Crippen molar-refractivity contribution in [1.82, 2.24) is 4.90 Å². The van der Waals surface area contributed by atoms with Crippen LogP contribution in [-0.2, 0) is 0 Å². The Morgan fingerprint density at radius 3 is 2.62 bits per heavy atom. The monoisotopic (exact) mass is 292 g/mol. The first-order valence-corrected chi connectivity index (χ1v) is 8.09. The van der Waals surface area contributed by atoms with Crippen LogP contribution in [0.25, 0.3) is 0 Å². The van der Waals surface area contributed by atoms with Gasteiger partial charge in [0, 0.05) is 23.7 Å². The second-order valence-corrected chi connectivity index (χ2v) is 6.90. The van der Waals surface area contributed by atoms with E-state index < -0.39 is 0 Å². The van der Waals surface area contributed by atoms with Crippen molar-refractivity contribution in [2.75, 3.05) is 13.6 Å². The summed E-state index contributed by atoms with van der Waals surface area (Å²) in [5.74, 6) is 1.17. The maximum atomic E-state index is 14.1. The van der Waals surface area contributed by atoms with Crippen LogP contribution in [0.5, 0.6) is 0 Å². The number of hydrogen-bond acceptors (Lipinski definition) is 2. The Bertz CT molecular complexity index is 476. The molecule has 0 radical (unpaired) electrons. The Hall–Kier alpha value is -0.930. The number of rotatable bonds is 4. The van der Waals surface area contributed by atoms with Crippen molar-refractivity contribution in [1.29, 1.82) is 0 Å². The fraction of sp³-hybridized carbons (Fsp3) is 0.667. The zero-order chi connectivity index (χ0) is 15.6.